The Labute approximate surface area is 114 Å². The van der Waals surface area contributed by atoms with Crippen molar-refractivity contribution >= 4 is 17.1 Å². The average molecular weight is 258 g/mol. The van der Waals surface area contributed by atoms with E-state index in [1.807, 2.05) is 18.2 Å². The van der Waals surface area contributed by atoms with Gasteiger partial charge in [-0.25, -0.2) is 0 Å². The summed E-state index contributed by atoms with van der Waals surface area (Å²) in [6.45, 7) is 4.19. The SMILES string of the molecule is COC(c1ccccc1)C1C=CC(C)=C(C)C1=S. The van der Waals surface area contributed by atoms with Gasteiger partial charge in [0.2, 0.25) is 0 Å². The molecule has 0 radical (unpaired) electrons. The predicted octanol–water partition coefficient (Wildman–Crippen LogP) is 4.27. The zero-order valence-electron chi connectivity index (χ0n) is 11.0. The number of benzene rings is 1. The lowest BCUT2D eigenvalue weighted by Crippen LogP contribution is -2.24. The van der Waals surface area contributed by atoms with Crippen molar-refractivity contribution in [2.45, 2.75) is 20.0 Å². The monoisotopic (exact) mass is 258 g/mol. The van der Waals surface area contributed by atoms with E-state index in [2.05, 4.69) is 38.1 Å². The van der Waals surface area contributed by atoms with E-state index >= 15 is 0 Å². The largest absolute Gasteiger partial charge is 0.376 e. The summed E-state index contributed by atoms with van der Waals surface area (Å²) in [7, 11) is 1.74. The number of thiocarbonyl (C=S) groups is 1. The summed E-state index contributed by atoms with van der Waals surface area (Å²) in [5, 5.41) is 0. The highest BCUT2D eigenvalue weighted by Crippen LogP contribution is 2.33. The highest BCUT2D eigenvalue weighted by atomic mass is 32.1. The van der Waals surface area contributed by atoms with E-state index < -0.39 is 0 Å². The van der Waals surface area contributed by atoms with Crippen LogP contribution < -0.4 is 0 Å². The molecule has 0 amide bonds. The lowest BCUT2D eigenvalue weighted by molar-refractivity contribution is 0.0885. The third-order valence-electron chi connectivity index (χ3n) is 3.53. The highest BCUT2D eigenvalue weighted by molar-refractivity contribution is 7.80. The molecule has 0 saturated carbocycles. The molecule has 0 aromatic heterocycles. The van der Waals surface area contributed by atoms with E-state index in [-0.39, 0.29) is 12.0 Å². The van der Waals surface area contributed by atoms with Crippen LogP contribution in [0.3, 0.4) is 0 Å². The normalized spacial score (nSPS) is 21.3. The standard InChI is InChI=1S/C16H18OS/c1-11-9-10-14(16(18)12(11)2)15(17-3)13-7-5-4-6-8-13/h4-10,14-15H,1-3H3. The molecule has 0 N–H and O–H groups in total. The Kier molecular flexibility index (Phi) is 4.10. The molecule has 0 spiro atoms. The van der Waals surface area contributed by atoms with Crippen LogP contribution in [0.2, 0.25) is 0 Å². The second-order valence-electron chi connectivity index (χ2n) is 4.62. The van der Waals surface area contributed by atoms with Gasteiger partial charge in [0.15, 0.2) is 0 Å². The number of hydrogen-bond acceptors (Lipinski definition) is 2. The summed E-state index contributed by atoms with van der Waals surface area (Å²) in [6, 6.07) is 10.3. The summed E-state index contributed by atoms with van der Waals surface area (Å²) >= 11 is 5.58. The summed E-state index contributed by atoms with van der Waals surface area (Å²) in [6.07, 6.45) is 4.30. The third-order valence-corrected chi connectivity index (χ3v) is 4.10. The van der Waals surface area contributed by atoms with Crippen LogP contribution in [0.15, 0.2) is 53.6 Å². The second-order valence-corrected chi connectivity index (χ2v) is 5.06. The van der Waals surface area contributed by atoms with Gasteiger partial charge in [0, 0.05) is 17.9 Å². The molecule has 18 heavy (non-hydrogen) atoms. The molecule has 2 unspecified atom stereocenters. The molecule has 0 saturated heterocycles. The van der Waals surface area contributed by atoms with Crippen LogP contribution in [0.25, 0.3) is 0 Å². The number of allylic oxidation sites excluding steroid dienone is 3. The molecule has 1 nitrogen and oxygen atoms in total. The van der Waals surface area contributed by atoms with E-state index in [0.29, 0.717) is 0 Å². The molecule has 0 bridgehead atoms. The van der Waals surface area contributed by atoms with Gasteiger partial charge in [-0.1, -0.05) is 54.7 Å². The van der Waals surface area contributed by atoms with Gasteiger partial charge in [-0.15, -0.1) is 0 Å². The molecule has 0 aliphatic heterocycles. The number of rotatable bonds is 3. The zero-order valence-corrected chi connectivity index (χ0v) is 11.8. The fourth-order valence-corrected chi connectivity index (χ4v) is 2.64. The third kappa shape index (κ3) is 2.45. The molecule has 1 aromatic rings. The van der Waals surface area contributed by atoms with E-state index in [1.165, 1.54) is 16.7 Å². The smallest absolute Gasteiger partial charge is 0.0932 e. The maximum Gasteiger partial charge on any atom is 0.0932 e. The summed E-state index contributed by atoms with van der Waals surface area (Å²) in [5.74, 6) is 0.149. The molecule has 1 aromatic carbocycles. The lowest BCUT2D eigenvalue weighted by Gasteiger charge is -2.28. The molecule has 2 atom stereocenters. The first-order valence-corrected chi connectivity index (χ1v) is 6.53. The minimum Gasteiger partial charge on any atom is -0.376 e. The molecular weight excluding hydrogens is 240 g/mol. The summed E-state index contributed by atoms with van der Waals surface area (Å²) in [4.78, 5) is 0.991. The molecule has 2 rings (SSSR count). The summed E-state index contributed by atoms with van der Waals surface area (Å²) < 4.78 is 5.67. The van der Waals surface area contributed by atoms with Crippen LogP contribution in [0.5, 0.6) is 0 Å². The van der Waals surface area contributed by atoms with E-state index in [1.54, 1.807) is 7.11 Å². The van der Waals surface area contributed by atoms with Crippen LogP contribution in [0.4, 0.5) is 0 Å². The minimum atomic E-state index is -0.00185. The predicted molar refractivity (Wildman–Crippen MR) is 79.8 cm³/mol. The molecular formula is C16H18OS. The Bertz CT molecular complexity index is 499. The van der Waals surface area contributed by atoms with Crippen molar-refractivity contribution in [1.29, 1.82) is 0 Å². The molecule has 0 fully saturated rings. The first-order valence-electron chi connectivity index (χ1n) is 6.12. The number of methoxy groups -OCH3 is 1. The van der Waals surface area contributed by atoms with Gasteiger partial charge < -0.3 is 4.74 Å². The Morgan fingerprint density at radius 1 is 1.17 bits per heavy atom. The van der Waals surface area contributed by atoms with E-state index in [9.17, 15) is 0 Å². The van der Waals surface area contributed by atoms with Gasteiger partial charge in [0.05, 0.1) is 6.10 Å². The van der Waals surface area contributed by atoms with Crippen LogP contribution in [0.1, 0.15) is 25.5 Å². The molecule has 1 aliphatic carbocycles. The average Bonchev–Trinajstić information content (AvgIpc) is 2.41. The topological polar surface area (TPSA) is 9.23 Å². The van der Waals surface area contributed by atoms with Crippen molar-refractivity contribution in [2.24, 2.45) is 5.92 Å². The van der Waals surface area contributed by atoms with E-state index in [0.717, 1.165) is 4.86 Å². The summed E-state index contributed by atoms with van der Waals surface area (Å²) in [5.41, 5.74) is 3.62. The fraction of sp³-hybridized carbons (Fsp3) is 0.312. The molecule has 94 valence electrons. The van der Waals surface area contributed by atoms with Gasteiger partial charge in [-0.3, -0.25) is 0 Å². The van der Waals surface area contributed by atoms with Crippen LogP contribution in [-0.4, -0.2) is 12.0 Å². The molecule has 2 heteroatoms. The minimum absolute atomic E-state index is 0.00185. The van der Waals surface area contributed by atoms with Crippen molar-refractivity contribution in [2.75, 3.05) is 7.11 Å². The van der Waals surface area contributed by atoms with Gasteiger partial charge in [-0.2, -0.15) is 0 Å². The van der Waals surface area contributed by atoms with Crippen LogP contribution in [-0.2, 0) is 4.74 Å². The maximum atomic E-state index is 5.67. The van der Waals surface area contributed by atoms with Gasteiger partial charge in [0.25, 0.3) is 0 Å². The first-order chi connectivity index (χ1) is 8.65. The number of ether oxygens (including phenoxy) is 1. The quantitative estimate of drug-likeness (QED) is 0.749. The zero-order chi connectivity index (χ0) is 13.1. The van der Waals surface area contributed by atoms with Crippen molar-refractivity contribution in [1.82, 2.24) is 0 Å². The fourth-order valence-electron chi connectivity index (χ4n) is 2.28. The molecule has 0 heterocycles. The van der Waals surface area contributed by atoms with E-state index in [4.69, 9.17) is 17.0 Å². The van der Waals surface area contributed by atoms with Crippen molar-refractivity contribution in [3.05, 3.63) is 59.2 Å². The second kappa shape index (κ2) is 5.59. The Balaban J connectivity index is 2.32. The van der Waals surface area contributed by atoms with Crippen LogP contribution >= 0.6 is 12.2 Å². The maximum absolute atomic E-state index is 5.67. The lowest BCUT2D eigenvalue weighted by atomic mass is 9.84. The number of hydrogen-bond donors (Lipinski definition) is 0. The van der Waals surface area contributed by atoms with Crippen molar-refractivity contribution in [3.63, 3.8) is 0 Å². The van der Waals surface area contributed by atoms with Crippen molar-refractivity contribution < 1.29 is 4.74 Å². The Morgan fingerprint density at radius 3 is 2.44 bits per heavy atom. The highest BCUT2D eigenvalue weighted by Gasteiger charge is 2.27. The Morgan fingerprint density at radius 2 is 1.83 bits per heavy atom. The van der Waals surface area contributed by atoms with Crippen molar-refractivity contribution in [3.8, 4) is 0 Å². The Hall–Kier alpha value is -1.25. The first kappa shape index (κ1) is 13.2. The molecule has 1 aliphatic rings. The van der Waals surface area contributed by atoms with Gasteiger partial charge in [0.1, 0.15) is 0 Å². The van der Waals surface area contributed by atoms with Gasteiger partial charge >= 0.3 is 0 Å². The van der Waals surface area contributed by atoms with Gasteiger partial charge in [-0.05, 0) is 30.6 Å². The van der Waals surface area contributed by atoms with Crippen LogP contribution in [0, 0.1) is 5.92 Å².